The molecule has 7 rings (SSSR count). The Morgan fingerprint density at radius 1 is 1.11 bits per heavy atom. The Balaban J connectivity index is 1.28. The van der Waals surface area contributed by atoms with Crippen LogP contribution in [0.2, 0.25) is 0 Å². The van der Waals surface area contributed by atoms with Gasteiger partial charge >= 0.3 is 250 Å². The second-order valence-electron chi connectivity index (χ2n) is 9.74. The van der Waals surface area contributed by atoms with Gasteiger partial charge in [-0.05, 0) is 0 Å². The molecule has 0 amide bonds. The Labute approximate surface area is 249 Å². The number of aliphatic hydroxyl groups excluding tert-OH is 1. The van der Waals surface area contributed by atoms with Gasteiger partial charge in [0.1, 0.15) is 0 Å². The fourth-order valence-electron chi connectivity index (χ4n) is 4.85. The molecule has 0 spiro atoms. The molecule has 0 saturated carbocycles. The predicted octanol–water partition coefficient (Wildman–Crippen LogP) is -3.24. The van der Waals surface area contributed by atoms with Crippen LogP contribution in [0.25, 0.3) is 17.0 Å². The topological polar surface area (TPSA) is 336 Å². The number of aromatic hydroxyl groups is 1. The third-order valence-corrected chi connectivity index (χ3v) is 8.73. The van der Waals surface area contributed by atoms with Crippen molar-refractivity contribution in [3.8, 4) is 11.5 Å². The van der Waals surface area contributed by atoms with E-state index < -0.39 is 75.4 Å². The molecule has 25 heteroatoms. The Morgan fingerprint density at radius 3 is 2.71 bits per heavy atom. The molecular weight excluding hydrogens is 650 g/mol. The Morgan fingerprint density at radius 2 is 1.91 bits per heavy atom. The van der Waals surface area contributed by atoms with Gasteiger partial charge in [-0.3, -0.25) is 0 Å². The summed E-state index contributed by atoms with van der Waals surface area (Å²) in [7, 11) is -10.6. The number of nitrogens with zero attached hydrogens (tertiary/aromatic N) is 4. The summed E-state index contributed by atoms with van der Waals surface area (Å²) in [5, 5.41) is 31.0. The number of H-pyrrole nitrogens is 1. The maximum absolute atomic E-state index is 12.3. The summed E-state index contributed by atoms with van der Waals surface area (Å²) in [5.41, 5.74) is 11.1. The molecule has 244 valence electrons. The zero-order valence-corrected chi connectivity index (χ0v) is 24.4. The average molecular weight is 676 g/mol. The molecule has 7 heterocycles. The minimum atomic E-state index is -5.30. The number of aromatic nitrogens is 4. The quantitative estimate of drug-likeness (QED) is 0.119. The first-order valence-corrected chi connectivity index (χ1v) is 16.2. The number of nitrogen functional groups attached to an aromatic ring is 1. The van der Waals surface area contributed by atoms with Crippen molar-refractivity contribution in [1.82, 2.24) is 35.5 Å². The number of aliphatic hydroxyl groups is 1. The van der Waals surface area contributed by atoms with Gasteiger partial charge in [-0.2, -0.15) is 0 Å². The molecule has 3 aromatic heterocycles. The van der Waals surface area contributed by atoms with E-state index in [1.165, 1.54) is 4.90 Å². The van der Waals surface area contributed by atoms with Crippen LogP contribution in [0.15, 0.2) is 44.8 Å². The number of anilines is 2. The van der Waals surface area contributed by atoms with Gasteiger partial charge in [0.25, 0.3) is 0 Å². The molecule has 1 saturated heterocycles. The van der Waals surface area contributed by atoms with E-state index in [4.69, 9.17) is 38.7 Å². The molecule has 2 bridgehead atoms. The first-order valence-electron chi connectivity index (χ1n) is 12.8. The number of fused-ring (bicyclic) bond motifs is 5. The Bertz CT molecular complexity index is 1870. The summed E-state index contributed by atoms with van der Waals surface area (Å²) >= 11 is 0. The van der Waals surface area contributed by atoms with Crippen LogP contribution in [-0.4, -0.2) is 74.9 Å². The number of rotatable bonds is 2. The summed E-state index contributed by atoms with van der Waals surface area (Å²) in [6.07, 6.45) is -0.947. The number of furan rings is 1. The molecule has 4 aliphatic heterocycles. The van der Waals surface area contributed by atoms with Crippen LogP contribution in [0, 0.1) is 0 Å². The molecule has 4 aliphatic rings. The minimum absolute atomic E-state index is 0.0723. The van der Waals surface area contributed by atoms with Crippen LogP contribution in [0.5, 0.6) is 11.5 Å². The second kappa shape index (κ2) is 10.2. The summed E-state index contributed by atoms with van der Waals surface area (Å²) in [6, 6.07) is 0. The van der Waals surface area contributed by atoms with E-state index in [0.29, 0.717) is 17.8 Å². The van der Waals surface area contributed by atoms with Crippen LogP contribution in [0.1, 0.15) is 5.76 Å². The van der Waals surface area contributed by atoms with Gasteiger partial charge in [0, 0.05) is 0 Å². The summed E-state index contributed by atoms with van der Waals surface area (Å²) in [6.45, 7) is -0.533. The van der Waals surface area contributed by atoms with Gasteiger partial charge in [0.2, 0.25) is 0 Å². The van der Waals surface area contributed by atoms with Crippen molar-refractivity contribution in [2.45, 2.75) is 18.9 Å². The zero-order chi connectivity index (χ0) is 31.8. The van der Waals surface area contributed by atoms with Crippen LogP contribution in [0.4, 0.5) is 11.8 Å². The van der Waals surface area contributed by atoms with Crippen LogP contribution >= 0.6 is 16.3 Å². The van der Waals surface area contributed by atoms with Crippen molar-refractivity contribution < 1.29 is 57.0 Å². The molecule has 1 fully saturated rings. The Hall–Kier alpha value is -4.57. The normalized spacial score (nSPS) is 26.6. The molecule has 0 aliphatic carbocycles. The van der Waals surface area contributed by atoms with Crippen molar-refractivity contribution in [2.24, 2.45) is 5.73 Å². The van der Waals surface area contributed by atoms with E-state index in [1.807, 2.05) is 0 Å². The van der Waals surface area contributed by atoms with Crippen LogP contribution in [0.3, 0.4) is 0 Å². The first kappa shape index (κ1) is 29.2. The molecule has 23 nitrogen and oxygen atoms in total. The molecular formula is C20H26N10O13P2. The van der Waals surface area contributed by atoms with Crippen molar-refractivity contribution in [1.29, 1.82) is 0 Å². The third-order valence-electron chi connectivity index (χ3n) is 6.83. The zero-order valence-electron chi connectivity index (χ0n) is 22.4. The van der Waals surface area contributed by atoms with Gasteiger partial charge < -0.3 is 0 Å². The number of ether oxygens (including phenoxy) is 1. The van der Waals surface area contributed by atoms with Gasteiger partial charge in [-0.15, -0.1) is 0 Å². The van der Waals surface area contributed by atoms with Crippen molar-refractivity contribution in [3.63, 3.8) is 0 Å². The number of hydrogen-bond donors (Lipinski definition) is 12. The van der Waals surface area contributed by atoms with Crippen molar-refractivity contribution >= 4 is 45.2 Å². The summed E-state index contributed by atoms with van der Waals surface area (Å²) < 4.78 is 33.1. The van der Waals surface area contributed by atoms with E-state index in [1.54, 1.807) is 0 Å². The van der Waals surface area contributed by atoms with E-state index in [9.17, 15) is 34.6 Å². The van der Waals surface area contributed by atoms with Crippen molar-refractivity contribution in [3.05, 3.63) is 51.7 Å². The van der Waals surface area contributed by atoms with Gasteiger partial charge in [-0.25, -0.2) is 0 Å². The number of aromatic amines is 1. The van der Waals surface area contributed by atoms with Gasteiger partial charge in [0.15, 0.2) is 0 Å². The monoisotopic (exact) mass is 676 g/mol. The van der Waals surface area contributed by atoms with Crippen LogP contribution in [-0.2, 0) is 24.9 Å². The van der Waals surface area contributed by atoms with Crippen molar-refractivity contribution in [2.75, 3.05) is 24.0 Å². The maximum atomic E-state index is 12.3. The molecule has 45 heavy (non-hydrogen) atoms. The molecule has 2 atom stereocenters. The SMILES string of the molecule is NC1=C2NCN(c3oc4c(c3O)O[PH](O)(O)O/C=C3/OC(n5cnc6c(=O)[nH]c(N)nc65)=C(O[PH](O)(O)OC4)[C@H]3O)C2NCN1. The number of imidazole rings is 1. The van der Waals surface area contributed by atoms with Gasteiger partial charge in [0.05, 0.1) is 0 Å². The molecule has 0 radical (unpaired) electrons. The van der Waals surface area contributed by atoms with E-state index in [-0.39, 0.29) is 36.3 Å². The van der Waals surface area contributed by atoms with E-state index in [2.05, 4.69) is 30.9 Å². The second-order valence-corrected chi connectivity index (χ2v) is 12.9. The number of nitrogens with one attached hydrogen (secondary N) is 4. The first-order chi connectivity index (χ1) is 21.3. The number of hydrogen-bond acceptors (Lipinski definition) is 21. The number of nitrogens with two attached hydrogens (primary N) is 2. The predicted molar refractivity (Wildman–Crippen MR) is 151 cm³/mol. The fourth-order valence-corrected chi connectivity index (χ4v) is 6.51. The molecule has 3 aromatic rings. The van der Waals surface area contributed by atoms with Crippen LogP contribution < -0.4 is 42.4 Å². The standard InChI is InChI=1S/C20H26N10O13P2/c21-14-8-15(24-3-23-14)29(4-25-8)18-11(32)12-7(41-18)2-39-45(36,37)43-13-10(31)6(1-38-44(34,35)42-12)40-19(13)30-5-26-9-16(30)27-20(22)28-17(9)33/h1,5,10,15,23-25,31-32,34-37,44-45H,2-4,21H2,(H3,22,27,28,33)/b6-1+/t10-,15?/m0/s1. The molecule has 1 unspecified atom stereocenters. The third kappa shape index (κ3) is 4.97. The average Bonchev–Trinajstić information content (AvgIpc) is 3.72. The summed E-state index contributed by atoms with van der Waals surface area (Å²) in [4.78, 5) is 66.8. The van der Waals surface area contributed by atoms with E-state index in [0.717, 1.165) is 10.9 Å². The van der Waals surface area contributed by atoms with Gasteiger partial charge in [-0.1, -0.05) is 0 Å². The fraction of sp³-hybridized carbons (Fsp3) is 0.250. The summed E-state index contributed by atoms with van der Waals surface area (Å²) in [5.74, 6) is -3.74. The van der Waals surface area contributed by atoms with E-state index >= 15 is 0 Å². The molecule has 0 aromatic carbocycles. The Kier molecular flexibility index (Phi) is 6.63. The molecule has 14 N–H and O–H groups in total.